The highest BCUT2D eigenvalue weighted by Crippen LogP contribution is 2.18. The van der Waals surface area contributed by atoms with Gasteiger partial charge in [0, 0.05) is 13.1 Å². The lowest BCUT2D eigenvalue weighted by Crippen LogP contribution is -2.40. The first kappa shape index (κ1) is 17.5. The van der Waals surface area contributed by atoms with Gasteiger partial charge in [0.05, 0.1) is 6.26 Å². The number of carbonyl (C=O) groups excluding carboxylic acids is 1. The maximum Gasteiger partial charge on any atom is 0.289 e. The molecule has 1 N–H and O–H groups in total. The maximum atomic E-state index is 12.9. The largest absolute Gasteiger partial charge is 0.459 e. The minimum Gasteiger partial charge on any atom is -0.459 e. The van der Waals surface area contributed by atoms with Crippen molar-refractivity contribution in [3.8, 4) is 0 Å². The van der Waals surface area contributed by atoms with Gasteiger partial charge in [0.1, 0.15) is 0 Å². The third-order valence-corrected chi connectivity index (χ3v) is 4.61. The fourth-order valence-electron chi connectivity index (χ4n) is 3.33. The summed E-state index contributed by atoms with van der Waals surface area (Å²) < 4.78 is 5.34. The molecule has 1 aliphatic rings. The highest BCUT2D eigenvalue weighted by atomic mass is 16.3. The lowest BCUT2D eigenvalue weighted by atomic mass is 9.97. The Balaban J connectivity index is 1.73. The summed E-state index contributed by atoms with van der Waals surface area (Å²) in [6.45, 7) is 5.55. The Kier molecular flexibility index (Phi) is 6.07. The maximum absolute atomic E-state index is 12.9. The highest BCUT2D eigenvalue weighted by Gasteiger charge is 2.23. The molecule has 2 aromatic rings. The van der Waals surface area contributed by atoms with Crippen LogP contribution in [0.5, 0.6) is 0 Å². The Hall–Kier alpha value is -2.33. The molecule has 4 nitrogen and oxygen atoms in total. The molecule has 0 atom stereocenters. The number of benzene rings is 1. The van der Waals surface area contributed by atoms with Gasteiger partial charge in [-0.3, -0.25) is 4.79 Å². The molecule has 1 saturated heterocycles. The molecule has 0 bridgehead atoms. The van der Waals surface area contributed by atoms with E-state index in [1.165, 1.54) is 5.57 Å². The van der Waals surface area contributed by atoms with Gasteiger partial charge in [0.15, 0.2) is 5.76 Å². The summed E-state index contributed by atoms with van der Waals surface area (Å²) in [5, 5.41) is 3.38. The molecule has 0 aliphatic carbocycles. The predicted octanol–water partition coefficient (Wildman–Crippen LogP) is 3.82. The quantitative estimate of drug-likeness (QED) is 0.871. The van der Waals surface area contributed by atoms with Crippen LogP contribution in [0.1, 0.15) is 35.9 Å². The SMILES string of the molecule is C/C(=C/c1ccccc1)CN(CC1CCNCC1)C(=O)c1ccco1. The molecule has 132 valence electrons. The number of hydrogen-bond donors (Lipinski definition) is 1. The van der Waals surface area contributed by atoms with E-state index < -0.39 is 0 Å². The third-order valence-electron chi connectivity index (χ3n) is 4.61. The second-order valence-electron chi connectivity index (χ2n) is 6.76. The molecule has 0 radical (unpaired) electrons. The summed E-state index contributed by atoms with van der Waals surface area (Å²) in [5.41, 5.74) is 2.33. The molecule has 1 fully saturated rings. The van der Waals surface area contributed by atoms with E-state index in [1.807, 2.05) is 23.1 Å². The lowest BCUT2D eigenvalue weighted by molar-refractivity contribution is 0.0702. The van der Waals surface area contributed by atoms with E-state index in [0.29, 0.717) is 18.2 Å². The van der Waals surface area contributed by atoms with E-state index >= 15 is 0 Å². The Morgan fingerprint density at radius 3 is 2.64 bits per heavy atom. The summed E-state index contributed by atoms with van der Waals surface area (Å²) >= 11 is 0. The number of amides is 1. The van der Waals surface area contributed by atoms with Crippen LogP contribution >= 0.6 is 0 Å². The third kappa shape index (κ3) is 5.07. The van der Waals surface area contributed by atoms with E-state index in [0.717, 1.165) is 38.0 Å². The van der Waals surface area contributed by atoms with Gasteiger partial charge >= 0.3 is 0 Å². The molecule has 4 heteroatoms. The first-order chi connectivity index (χ1) is 12.2. The number of nitrogens with one attached hydrogen (secondary N) is 1. The fraction of sp³-hybridized carbons (Fsp3) is 0.381. The molecular weight excluding hydrogens is 312 g/mol. The number of nitrogens with zero attached hydrogens (tertiary/aromatic N) is 1. The zero-order valence-electron chi connectivity index (χ0n) is 14.8. The molecular formula is C21H26N2O2. The van der Waals surface area contributed by atoms with Gasteiger partial charge in [-0.1, -0.05) is 42.0 Å². The van der Waals surface area contributed by atoms with Gasteiger partial charge in [0.2, 0.25) is 0 Å². The van der Waals surface area contributed by atoms with Gasteiger partial charge in [-0.25, -0.2) is 0 Å². The average molecular weight is 338 g/mol. The zero-order chi connectivity index (χ0) is 17.5. The van der Waals surface area contributed by atoms with Crippen LogP contribution in [-0.4, -0.2) is 37.0 Å². The van der Waals surface area contributed by atoms with E-state index in [1.54, 1.807) is 18.4 Å². The summed E-state index contributed by atoms with van der Waals surface area (Å²) in [4.78, 5) is 14.8. The van der Waals surface area contributed by atoms with Crippen molar-refractivity contribution >= 4 is 12.0 Å². The van der Waals surface area contributed by atoms with Gasteiger partial charge in [-0.15, -0.1) is 0 Å². The number of rotatable bonds is 6. The van der Waals surface area contributed by atoms with Crippen molar-refractivity contribution in [1.82, 2.24) is 10.2 Å². The van der Waals surface area contributed by atoms with Crippen molar-refractivity contribution in [1.29, 1.82) is 0 Å². The van der Waals surface area contributed by atoms with Crippen LogP contribution in [-0.2, 0) is 0 Å². The summed E-state index contributed by atoms with van der Waals surface area (Å²) in [6, 6.07) is 13.7. The van der Waals surface area contributed by atoms with Gasteiger partial charge in [-0.2, -0.15) is 0 Å². The molecule has 0 unspecified atom stereocenters. The molecule has 3 rings (SSSR count). The van der Waals surface area contributed by atoms with Crippen LogP contribution < -0.4 is 5.32 Å². The first-order valence-corrected chi connectivity index (χ1v) is 8.98. The second-order valence-corrected chi connectivity index (χ2v) is 6.76. The average Bonchev–Trinajstić information content (AvgIpc) is 3.17. The zero-order valence-corrected chi connectivity index (χ0v) is 14.8. The summed E-state index contributed by atoms with van der Waals surface area (Å²) in [6.07, 6.45) is 5.93. The van der Waals surface area contributed by atoms with E-state index in [9.17, 15) is 4.79 Å². The van der Waals surface area contributed by atoms with Crippen molar-refractivity contribution in [2.75, 3.05) is 26.2 Å². The Morgan fingerprint density at radius 2 is 1.96 bits per heavy atom. The fourth-order valence-corrected chi connectivity index (χ4v) is 3.33. The van der Waals surface area contributed by atoms with Crippen molar-refractivity contribution < 1.29 is 9.21 Å². The number of hydrogen-bond acceptors (Lipinski definition) is 3. The van der Waals surface area contributed by atoms with Crippen LogP contribution in [0.25, 0.3) is 6.08 Å². The van der Waals surface area contributed by atoms with Crippen molar-refractivity contribution in [3.63, 3.8) is 0 Å². The van der Waals surface area contributed by atoms with E-state index in [-0.39, 0.29) is 5.91 Å². The molecule has 2 heterocycles. The number of carbonyl (C=O) groups is 1. The van der Waals surface area contributed by atoms with E-state index in [4.69, 9.17) is 4.42 Å². The Bertz CT molecular complexity index is 686. The van der Waals surface area contributed by atoms with Crippen LogP contribution in [0, 0.1) is 5.92 Å². The van der Waals surface area contributed by atoms with Crippen molar-refractivity contribution in [2.45, 2.75) is 19.8 Å². The summed E-state index contributed by atoms with van der Waals surface area (Å²) in [5.74, 6) is 0.940. The molecule has 1 aromatic heterocycles. The first-order valence-electron chi connectivity index (χ1n) is 8.98. The molecule has 0 saturated carbocycles. The minimum atomic E-state index is -0.0238. The van der Waals surface area contributed by atoms with Gasteiger partial charge < -0.3 is 14.6 Å². The Morgan fingerprint density at radius 1 is 1.20 bits per heavy atom. The summed E-state index contributed by atoms with van der Waals surface area (Å²) in [7, 11) is 0. The van der Waals surface area contributed by atoms with Crippen molar-refractivity contribution in [3.05, 3.63) is 65.6 Å². The lowest BCUT2D eigenvalue weighted by Gasteiger charge is -2.30. The van der Waals surface area contributed by atoms with Crippen LogP contribution in [0.3, 0.4) is 0 Å². The smallest absolute Gasteiger partial charge is 0.289 e. The molecule has 1 aliphatic heterocycles. The standard InChI is InChI=1S/C21H26N2O2/c1-17(14-18-6-3-2-4-7-18)15-23(16-19-9-11-22-12-10-19)21(24)20-8-5-13-25-20/h2-8,13-14,19,22H,9-12,15-16H2,1H3/b17-14-. The molecule has 1 aromatic carbocycles. The van der Waals surface area contributed by atoms with Crippen LogP contribution in [0.2, 0.25) is 0 Å². The minimum absolute atomic E-state index is 0.0238. The van der Waals surface area contributed by atoms with Gasteiger partial charge in [0.25, 0.3) is 5.91 Å². The van der Waals surface area contributed by atoms with Crippen molar-refractivity contribution in [2.24, 2.45) is 5.92 Å². The normalized spacial score (nSPS) is 16.0. The Labute approximate surface area is 149 Å². The van der Waals surface area contributed by atoms with Crippen LogP contribution in [0.15, 0.2) is 58.7 Å². The second kappa shape index (κ2) is 8.67. The number of furan rings is 1. The topological polar surface area (TPSA) is 45.5 Å². The monoisotopic (exact) mass is 338 g/mol. The number of piperidine rings is 1. The predicted molar refractivity (Wildman–Crippen MR) is 100 cm³/mol. The molecule has 0 spiro atoms. The van der Waals surface area contributed by atoms with Crippen LogP contribution in [0.4, 0.5) is 0 Å². The van der Waals surface area contributed by atoms with E-state index in [2.05, 4.69) is 30.4 Å². The highest BCUT2D eigenvalue weighted by molar-refractivity contribution is 5.91. The molecule has 25 heavy (non-hydrogen) atoms. The molecule has 1 amide bonds. The van der Waals surface area contributed by atoms with Gasteiger partial charge in [-0.05, 0) is 56.5 Å².